The maximum Gasteiger partial charge on any atom is 0.137 e. The van der Waals surface area contributed by atoms with Gasteiger partial charge in [-0.05, 0) is 18.9 Å². The largest absolute Gasteiger partial charge is 0.385 e. The summed E-state index contributed by atoms with van der Waals surface area (Å²) in [6, 6.07) is 8.11. The molecular weight excluding hydrogens is 188 g/mol. The summed E-state index contributed by atoms with van der Waals surface area (Å²) in [5.74, 6) is 0.288. The molecule has 82 valence electrons. The molecule has 0 spiro atoms. The number of rotatable bonds is 6. The third kappa shape index (κ3) is 4.75. The van der Waals surface area contributed by atoms with Gasteiger partial charge in [0.1, 0.15) is 5.78 Å². The van der Waals surface area contributed by atoms with Gasteiger partial charge in [-0.25, -0.2) is 0 Å². The van der Waals surface area contributed by atoms with Crippen LogP contribution >= 0.6 is 0 Å². The molecule has 0 atom stereocenters. The van der Waals surface area contributed by atoms with Gasteiger partial charge in [0.25, 0.3) is 0 Å². The van der Waals surface area contributed by atoms with Crippen molar-refractivity contribution in [3.05, 3.63) is 35.4 Å². The molecule has 0 heterocycles. The second-order valence-corrected chi connectivity index (χ2v) is 3.80. The predicted molar refractivity (Wildman–Crippen MR) is 61.0 cm³/mol. The van der Waals surface area contributed by atoms with E-state index in [1.54, 1.807) is 7.11 Å². The van der Waals surface area contributed by atoms with Crippen molar-refractivity contribution in [3.63, 3.8) is 0 Å². The minimum Gasteiger partial charge on any atom is -0.385 e. The van der Waals surface area contributed by atoms with E-state index in [0.717, 1.165) is 12.0 Å². The fraction of sp³-hybridized carbons (Fsp3) is 0.462. The monoisotopic (exact) mass is 206 g/mol. The average Bonchev–Trinajstić information content (AvgIpc) is 2.22. The Kier molecular flexibility index (Phi) is 5.05. The van der Waals surface area contributed by atoms with E-state index in [-0.39, 0.29) is 5.78 Å². The molecule has 2 heteroatoms. The molecule has 1 aromatic rings. The Bertz CT molecular complexity index is 301. The van der Waals surface area contributed by atoms with E-state index in [2.05, 4.69) is 0 Å². The number of Topliss-reactive ketones (excluding diaryl/α,β-unsaturated/α-hetero) is 1. The summed E-state index contributed by atoms with van der Waals surface area (Å²) in [7, 11) is 1.66. The highest BCUT2D eigenvalue weighted by atomic mass is 16.5. The second-order valence-electron chi connectivity index (χ2n) is 3.80. The van der Waals surface area contributed by atoms with E-state index in [9.17, 15) is 4.79 Å². The summed E-state index contributed by atoms with van der Waals surface area (Å²) in [5.41, 5.74) is 2.33. The van der Waals surface area contributed by atoms with E-state index in [4.69, 9.17) is 4.74 Å². The van der Waals surface area contributed by atoms with Gasteiger partial charge < -0.3 is 4.74 Å². The average molecular weight is 206 g/mol. The Morgan fingerprint density at radius 2 is 1.93 bits per heavy atom. The first kappa shape index (κ1) is 11.9. The molecule has 0 saturated heterocycles. The first-order valence-electron chi connectivity index (χ1n) is 5.28. The van der Waals surface area contributed by atoms with Gasteiger partial charge in [-0.3, -0.25) is 4.79 Å². The molecule has 1 aromatic carbocycles. The molecule has 0 amide bonds. The Labute approximate surface area is 91.3 Å². The van der Waals surface area contributed by atoms with Crippen LogP contribution in [0.15, 0.2) is 24.3 Å². The lowest BCUT2D eigenvalue weighted by atomic mass is 10.0. The number of aryl methyl sites for hydroxylation is 1. The van der Waals surface area contributed by atoms with Crippen LogP contribution < -0.4 is 0 Å². The number of hydrogen-bond donors (Lipinski definition) is 0. The molecular formula is C13H18O2. The SMILES string of the molecule is COCCCC(=O)Cc1ccc(C)cc1. The number of ketones is 1. The summed E-state index contributed by atoms with van der Waals surface area (Å²) >= 11 is 0. The van der Waals surface area contributed by atoms with Gasteiger partial charge in [0.15, 0.2) is 0 Å². The Morgan fingerprint density at radius 3 is 2.53 bits per heavy atom. The lowest BCUT2D eigenvalue weighted by Crippen LogP contribution is -2.04. The number of methoxy groups -OCH3 is 1. The van der Waals surface area contributed by atoms with Crippen molar-refractivity contribution in [2.75, 3.05) is 13.7 Å². The van der Waals surface area contributed by atoms with Crippen LogP contribution in [0.25, 0.3) is 0 Å². The molecule has 0 aliphatic heterocycles. The van der Waals surface area contributed by atoms with Crippen LogP contribution in [0.4, 0.5) is 0 Å². The Balaban J connectivity index is 2.34. The van der Waals surface area contributed by atoms with Crippen LogP contribution in [0.5, 0.6) is 0 Å². The van der Waals surface area contributed by atoms with Crippen molar-refractivity contribution in [1.82, 2.24) is 0 Å². The van der Waals surface area contributed by atoms with Crippen LogP contribution in [0.2, 0.25) is 0 Å². The summed E-state index contributed by atoms with van der Waals surface area (Å²) < 4.78 is 4.91. The first-order chi connectivity index (χ1) is 7.22. The van der Waals surface area contributed by atoms with Crippen molar-refractivity contribution in [1.29, 1.82) is 0 Å². The summed E-state index contributed by atoms with van der Waals surface area (Å²) in [5, 5.41) is 0. The standard InChI is InChI=1S/C13H18O2/c1-11-5-7-12(8-6-11)10-13(14)4-3-9-15-2/h5-8H,3-4,9-10H2,1-2H3. The van der Waals surface area contributed by atoms with Crippen LogP contribution in [0.3, 0.4) is 0 Å². The third-order valence-electron chi connectivity index (χ3n) is 2.33. The third-order valence-corrected chi connectivity index (χ3v) is 2.33. The summed E-state index contributed by atoms with van der Waals surface area (Å²) in [6.45, 7) is 2.71. The minimum atomic E-state index is 0.288. The second kappa shape index (κ2) is 6.36. The number of carbonyl (C=O) groups excluding carboxylic acids is 1. The van der Waals surface area contributed by atoms with E-state index >= 15 is 0 Å². The maximum absolute atomic E-state index is 11.5. The fourth-order valence-electron chi connectivity index (χ4n) is 1.44. The van der Waals surface area contributed by atoms with Crippen LogP contribution in [-0.4, -0.2) is 19.5 Å². The van der Waals surface area contributed by atoms with Crippen molar-refractivity contribution < 1.29 is 9.53 Å². The molecule has 0 fully saturated rings. The maximum atomic E-state index is 11.5. The summed E-state index contributed by atoms with van der Waals surface area (Å²) in [4.78, 5) is 11.5. The van der Waals surface area contributed by atoms with Crippen LogP contribution in [0.1, 0.15) is 24.0 Å². The highest BCUT2D eigenvalue weighted by Crippen LogP contribution is 2.06. The Hall–Kier alpha value is -1.15. The van der Waals surface area contributed by atoms with Crippen LogP contribution in [0, 0.1) is 6.92 Å². The number of carbonyl (C=O) groups is 1. The van der Waals surface area contributed by atoms with Gasteiger partial charge in [0, 0.05) is 26.6 Å². The van der Waals surface area contributed by atoms with Gasteiger partial charge in [0.2, 0.25) is 0 Å². The quantitative estimate of drug-likeness (QED) is 0.668. The normalized spacial score (nSPS) is 10.3. The molecule has 0 saturated carbocycles. The number of hydrogen-bond acceptors (Lipinski definition) is 2. The van der Waals surface area contributed by atoms with Gasteiger partial charge >= 0.3 is 0 Å². The lowest BCUT2D eigenvalue weighted by molar-refractivity contribution is -0.118. The lowest BCUT2D eigenvalue weighted by Gasteiger charge is -2.01. The molecule has 0 unspecified atom stereocenters. The molecule has 0 aliphatic carbocycles. The highest BCUT2D eigenvalue weighted by molar-refractivity contribution is 5.80. The topological polar surface area (TPSA) is 26.3 Å². The molecule has 0 N–H and O–H groups in total. The molecule has 2 nitrogen and oxygen atoms in total. The molecule has 1 rings (SSSR count). The fourth-order valence-corrected chi connectivity index (χ4v) is 1.44. The molecule has 0 aliphatic rings. The van der Waals surface area contributed by atoms with Gasteiger partial charge in [-0.2, -0.15) is 0 Å². The van der Waals surface area contributed by atoms with Crippen molar-refractivity contribution in [3.8, 4) is 0 Å². The van der Waals surface area contributed by atoms with E-state index in [1.165, 1.54) is 5.56 Å². The molecule has 0 bridgehead atoms. The van der Waals surface area contributed by atoms with E-state index in [0.29, 0.717) is 19.4 Å². The van der Waals surface area contributed by atoms with Gasteiger partial charge in [-0.1, -0.05) is 29.8 Å². The first-order valence-corrected chi connectivity index (χ1v) is 5.28. The molecule has 0 radical (unpaired) electrons. The molecule has 15 heavy (non-hydrogen) atoms. The zero-order valence-electron chi connectivity index (χ0n) is 9.45. The van der Waals surface area contributed by atoms with E-state index < -0.39 is 0 Å². The van der Waals surface area contributed by atoms with Crippen LogP contribution in [-0.2, 0) is 16.0 Å². The zero-order chi connectivity index (χ0) is 11.1. The van der Waals surface area contributed by atoms with Crippen molar-refractivity contribution in [2.45, 2.75) is 26.2 Å². The van der Waals surface area contributed by atoms with Gasteiger partial charge in [-0.15, -0.1) is 0 Å². The van der Waals surface area contributed by atoms with Gasteiger partial charge in [0.05, 0.1) is 0 Å². The zero-order valence-corrected chi connectivity index (χ0v) is 9.45. The highest BCUT2D eigenvalue weighted by Gasteiger charge is 2.02. The van der Waals surface area contributed by atoms with E-state index in [1.807, 2.05) is 31.2 Å². The number of benzene rings is 1. The minimum absolute atomic E-state index is 0.288. The van der Waals surface area contributed by atoms with Crippen molar-refractivity contribution in [2.24, 2.45) is 0 Å². The summed E-state index contributed by atoms with van der Waals surface area (Å²) in [6.07, 6.45) is 1.98. The van der Waals surface area contributed by atoms with Crippen molar-refractivity contribution >= 4 is 5.78 Å². The smallest absolute Gasteiger partial charge is 0.137 e. The number of ether oxygens (including phenoxy) is 1. The Morgan fingerprint density at radius 1 is 1.27 bits per heavy atom. The molecule has 0 aromatic heterocycles. The predicted octanol–water partition coefficient (Wildman–Crippen LogP) is 2.53.